The molecule has 10 heteroatoms. The number of carbonyl (C=O) groups excluding carboxylic acids is 2. The summed E-state index contributed by atoms with van der Waals surface area (Å²) in [6, 6.07) is 30.0. The van der Waals surface area contributed by atoms with Crippen LogP contribution in [0.2, 0.25) is 0 Å². The van der Waals surface area contributed by atoms with Gasteiger partial charge in [-0.05, 0) is 73.9 Å². The highest BCUT2D eigenvalue weighted by molar-refractivity contribution is 7.92. The van der Waals surface area contributed by atoms with E-state index in [1.54, 1.807) is 36.4 Å². The van der Waals surface area contributed by atoms with Gasteiger partial charge in [0.25, 0.3) is 0 Å². The first-order valence-electron chi connectivity index (χ1n) is 14.9. The van der Waals surface area contributed by atoms with Crippen LogP contribution in [0.4, 0.5) is 10.1 Å². The van der Waals surface area contributed by atoms with Crippen molar-refractivity contribution in [2.24, 2.45) is 0 Å². The monoisotopic (exact) mass is 645 g/mol. The number of halogens is 1. The lowest BCUT2D eigenvalue weighted by Crippen LogP contribution is -2.56. The molecule has 1 atom stereocenters. The zero-order chi connectivity index (χ0) is 33.3. The van der Waals surface area contributed by atoms with Crippen molar-refractivity contribution in [3.8, 4) is 5.75 Å². The predicted octanol–water partition coefficient (Wildman–Crippen LogP) is 5.73. The van der Waals surface area contributed by atoms with Gasteiger partial charge in [-0.1, -0.05) is 72.8 Å². The molecule has 0 aliphatic rings. The van der Waals surface area contributed by atoms with Crippen LogP contribution in [0.15, 0.2) is 109 Å². The Balaban J connectivity index is 1.65. The number of ether oxygens (including phenoxy) is 1. The molecule has 0 aliphatic heterocycles. The van der Waals surface area contributed by atoms with Crippen LogP contribution in [-0.2, 0) is 39.2 Å². The number of sulfonamides is 1. The molecule has 0 unspecified atom stereocenters. The number of carbonyl (C=O) groups is 2. The van der Waals surface area contributed by atoms with Crippen LogP contribution in [0.1, 0.15) is 37.5 Å². The smallest absolute Gasteiger partial charge is 0.244 e. The SMILES string of the molecule is CC(C)(C)NC(=O)[C@@H](Cc1ccccc1)N(Cc1ccc(F)cc1)C(=O)CN(c1ccc(OCc2ccccc2)cc1)S(C)(=O)=O. The van der Waals surface area contributed by atoms with Gasteiger partial charge in [-0.25, -0.2) is 12.8 Å². The molecule has 0 bridgehead atoms. The number of benzene rings is 4. The molecule has 0 spiro atoms. The van der Waals surface area contributed by atoms with Gasteiger partial charge in [-0.3, -0.25) is 13.9 Å². The quantitative estimate of drug-likeness (QED) is 0.201. The summed E-state index contributed by atoms with van der Waals surface area (Å²) < 4.78 is 46.8. The number of nitrogens with one attached hydrogen (secondary N) is 1. The molecule has 0 saturated heterocycles. The van der Waals surface area contributed by atoms with Crippen LogP contribution < -0.4 is 14.4 Å². The van der Waals surface area contributed by atoms with Crippen molar-refractivity contribution < 1.29 is 27.1 Å². The largest absolute Gasteiger partial charge is 0.489 e. The second kappa shape index (κ2) is 15.1. The fraction of sp³-hybridized carbons (Fsp3) is 0.278. The molecule has 4 aromatic rings. The van der Waals surface area contributed by atoms with Crippen molar-refractivity contribution in [2.75, 3.05) is 17.1 Å². The van der Waals surface area contributed by atoms with Crippen molar-refractivity contribution in [2.45, 2.75) is 51.9 Å². The van der Waals surface area contributed by atoms with Crippen LogP contribution in [0.5, 0.6) is 5.75 Å². The van der Waals surface area contributed by atoms with Crippen molar-refractivity contribution in [3.63, 3.8) is 0 Å². The van der Waals surface area contributed by atoms with E-state index in [0.717, 1.165) is 21.7 Å². The van der Waals surface area contributed by atoms with Crippen molar-refractivity contribution >= 4 is 27.5 Å². The highest BCUT2D eigenvalue weighted by Crippen LogP contribution is 2.24. The Kier molecular flexibility index (Phi) is 11.2. The van der Waals surface area contributed by atoms with E-state index in [4.69, 9.17) is 4.74 Å². The van der Waals surface area contributed by atoms with Crippen molar-refractivity contribution in [1.82, 2.24) is 10.2 Å². The Morgan fingerprint density at radius 2 is 1.37 bits per heavy atom. The van der Waals surface area contributed by atoms with E-state index < -0.39 is 45.8 Å². The van der Waals surface area contributed by atoms with E-state index in [0.29, 0.717) is 17.9 Å². The molecule has 4 rings (SSSR count). The normalized spacial score (nSPS) is 12.2. The van der Waals surface area contributed by atoms with E-state index in [2.05, 4.69) is 5.32 Å². The zero-order valence-electron chi connectivity index (χ0n) is 26.5. The number of amides is 2. The highest BCUT2D eigenvalue weighted by Gasteiger charge is 2.34. The average Bonchev–Trinajstić information content (AvgIpc) is 3.01. The average molecular weight is 646 g/mol. The zero-order valence-corrected chi connectivity index (χ0v) is 27.3. The molecule has 8 nitrogen and oxygen atoms in total. The fourth-order valence-electron chi connectivity index (χ4n) is 4.86. The van der Waals surface area contributed by atoms with Crippen LogP contribution in [0.3, 0.4) is 0 Å². The fourth-order valence-corrected chi connectivity index (χ4v) is 5.71. The van der Waals surface area contributed by atoms with Gasteiger partial charge in [0, 0.05) is 18.5 Å². The Bertz CT molecular complexity index is 1690. The molecule has 46 heavy (non-hydrogen) atoms. The molecule has 0 aliphatic carbocycles. The molecule has 0 radical (unpaired) electrons. The third-order valence-corrected chi connectivity index (χ3v) is 8.23. The van der Waals surface area contributed by atoms with Crippen LogP contribution in [0, 0.1) is 5.82 Å². The maximum atomic E-state index is 14.2. The van der Waals surface area contributed by atoms with Crippen LogP contribution in [-0.4, -0.2) is 49.5 Å². The van der Waals surface area contributed by atoms with E-state index in [9.17, 15) is 22.4 Å². The molecule has 0 saturated carbocycles. The minimum absolute atomic E-state index is 0.0436. The summed E-state index contributed by atoms with van der Waals surface area (Å²) in [7, 11) is -3.93. The molecular weight excluding hydrogens is 605 g/mol. The minimum Gasteiger partial charge on any atom is -0.489 e. The molecular formula is C36H40FN3O5S. The second-order valence-corrected chi connectivity index (χ2v) is 14.0. The van der Waals surface area contributed by atoms with Crippen LogP contribution >= 0.6 is 0 Å². The van der Waals surface area contributed by atoms with Crippen molar-refractivity contribution in [3.05, 3.63) is 132 Å². The molecule has 4 aromatic carbocycles. The van der Waals surface area contributed by atoms with Gasteiger partial charge in [0.15, 0.2) is 0 Å². The third-order valence-electron chi connectivity index (χ3n) is 7.09. The maximum absolute atomic E-state index is 14.2. The van der Waals surface area contributed by atoms with Crippen LogP contribution in [0.25, 0.3) is 0 Å². The van der Waals surface area contributed by atoms with E-state index in [1.807, 2.05) is 81.4 Å². The first kappa shape index (κ1) is 34.2. The molecule has 1 N–H and O–H groups in total. The Labute approximate surface area is 270 Å². The summed E-state index contributed by atoms with van der Waals surface area (Å²) in [5.41, 5.74) is 2.06. The second-order valence-electron chi connectivity index (χ2n) is 12.1. The van der Waals surface area contributed by atoms with Gasteiger partial charge in [-0.2, -0.15) is 0 Å². The molecule has 0 fully saturated rings. The number of hydrogen-bond acceptors (Lipinski definition) is 5. The number of rotatable bonds is 13. The molecule has 0 heterocycles. The third kappa shape index (κ3) is 10.2. The van der Waals surface area contributed by atoms with Gasteiger partial charge < -0.3 is 15.0 Å². The first-order chi connectivity index (χ1) is 21.8. The summed E-state index contributed by atoms with van der Waals surface area (Å²) in [6.45, 7) is 5.27. The predicted molar refractivity (Wildman–Crippen MR) is 178 cm³/mol. The van der Waals surface area contributed by atoms with E-state index in [1.165, 1.54) is 17.0 Å². The summed E-state index contributed by atoms with van der Waals surface area (Å²) in [4.78, 5) is 29.4. The molecule has 242 valence electrons. The first-order valence-corrected chi connectivity index (χ1v) is 16.8. The lowest BCUT2D eigenvalue weighted by molar-refractivity contribution is -0.140. The van der Waals surface area contributed by atoms with E-state index >= 15 is 0 Å². The Morgan fingerprint density at radius 1 is 0.804 bits per heavy atom. The van der Waals surface area contributed by atoms with Crippen molar-refractivity contribution in [1.29, 1.82) is 0 Å². The maximum Gasteiger partial charge on any atom is 0.244 e. The molecule has 2 amide bonds. The number of nitrogens with zero attached hydrogens (tertiary/aromatic N) is 2. The summed E-state index contributed by atoms with van der Waals surface area (Å²) >= 11 is 0. The number of anilines is 1. The topological polar surface area (TPSA) is 96.0 Å². The highest BCUT2D eigenvalue weighted by atomic mass is 32.2. The Hall–Kier alpha value is -4.70. The van der Waals surface area contributed by atoms with E-state index in [-0.39, 0.29) is 18.7 Å². The van der Waals surface area contributed by atoms with Gasteiger partial charge in [0.05, 0.1) is 11.9 Å². The molecule has 0 aromatic heterocycles. The standard InChI is InChI=1S/C36H40FN3O5S/c1-36(2,3)38-35(42)33(23-27-11-7-5-8-12-27)39(24-28-15-17-30(37)18-16-28)34(41)25-40(46(4,43)44)31-19-21-32(22-20-31)45-26-29-13-9-6-10-14-29/h5-22,33H,23-26H2,1-4H3,(H,38,42)/t33-/m1/s1. The minimum atomic E-state index is -3.93. The lowest BCUT2D eigenvalue weighted by atomic mass is 10.0. The lowest BCUT2D eigenvalue weighted by Gasteiger charge is -2.35. The summed E-state index contributed by atoms with van der Waals surface area (Å²) in [5.74, 6) is -0.888. The Morgan fingerprint density at radius 3 is 1.91 bits per heavy atom. The van der Waals surface area contributed by atoms with Gasteiger partial charge in [-0.15, -0.1) is 0 Å². The number of hydrogen-bond donors (Lipinski definition) is 1. The summed E-state index contributed by atoms with van der Waals surface area (Å²) in [6.07, 6.45) is 1.21. The van der Waals surface area contributed by atoms with Gasteiger partial charge >= 0.3 is 0 Å². The van der Waals surface area contributed by atoms with Gasteiger partial charge in [0.1, 0.15) is 30.8 Å². The van der Waals surface area contributed by atoms with Gasteiger partial charge in [0.2, 0.25) is 21.8 Å². The summed E-state index contributed by atoms with van der Waals surface area (Å²) in [5, 5.41) is 2.98.